The molecule has 1 aliphatic heterocycles. The fraction of sp³-hybridized carbons (Fsp3) is 0.200. The average molecular weight is 333 g/mol. The Balaban J connectivity index is 1.56. The van der Waals surface area contributed by atoms with Gasteiger partial charge in [0.1, 0.15) is 17.2 Å². The Hall–Kier alpha value is -3.08. The second-order valence-corrected chi connectivity index (χ2v) is 6.14. The van der Waals surface area contributed by atoms with Crippen molar-refractivity contribution in [3.05, 3.63) is 71.7 Å². The largest absolute Gasteiger partial charge is 0.511 e. The number of carbonyl (C=O) groups excluding carboxylic acids is 1. The number of aliphatic hydroxyl groups is 1. The molecule has 126 valence electrons. The summed E-state index contributed by atoms with van der Waals surface area (Å²) in [5.74, 6) is 0.381. The van der Waals surface area contributed by atoms with Gasteiger partial charge < -0.3 is 15.0 Å². The molecule has 0 saturated heterocycles. The number of rotatable bonds is 4. The lowest BCUT2D eigenvalue weighted by Gasteiger charge is -2.18. The summed E-state index contributed by atoms with van der Waals surface area (Å²) in [6.07, 6.45) is 1.19. The van der Waals surface area contributed by atoms with Crippen molar-refractivity contribution in [2.45, 2.75) is 19.4 Å². The predicted octanol–water partition coefficient (Wildman–Crippen LogP) is 3.07. The number of aliphatic hydroxyl groups excluding tert-OH is 1. The molecule has 2 heterocycles. The number of allylic oxidation sites excluding steroid dienone is 1. The molecule has 0 fully saturated rings. The molecule has 1 aliphatic rings. The van der Waals surface area contributed by atoms with Crippen molar-refractivity contribution in [1.29, 1.82) is 0 Å². The summed E-state index contributed by atoms with van der Waals surface area (Å²) in [7, 11) is 0. The van der Waals surface area contributed by atoms with Gasteiger partial charge in [-0.25, -0.2) is 4.98 Å². The van der Waals surface area contributed by atoms with E-state index in [4.69, 9.17) is 0 Å². The first-order valence-corrected chi connectivity index (χ1v) is 8.44. The Morgan fingerprint density at radius 2 is 1.88 bits per heavy atom. The number of carbonyl (C=O) groups is 1. The third-order valence-electron chi connectivity index (χ3n) is 4.51. The van der Waals surface area contributed by atoms with Crippen LogP contribution >= 0.6 is 0 Å². The summed E-state index contributed by atoms with van der Waals surface area (Å²) in [6.45, 7) is 1.14. The molecule has 0 spiro atoms. The minimum Gasteiger partial charge on any atom is -0.511 e. The van der Waals surface area contributed by atoms with Crippen LogP contribution in [0, 0.1) is 0 Å². The van der Waals surface area contributed by atoms with E-state index < -0.39 is 0 Å². The number of imidazole rings is 1. The monoisotopic (exact) mass is 333 g/mol. The SMILES string of the molecule is O=C(NCCc1ccccc1)C1=C(O)CCn2c1nc1ccccc12. The van der Waals surface area contributed by atoms with Crippen molar-refractivity contribution in [2.75, 3.05) is 6.54 Å². The molecule has 0 atom stereocenters. The van der Waals surface area contributed by atoms with Gasteiger partial charge in [0.25, 0.3) is 5.91 Å². The van der Waals surface area contributed by atoms with Gasteiger partial charge in [-0.1, -0.05) is 42.5 Å². The first-order chi connectivity index (χ1) is 12.2. The lowest BCUT2D eigenvalue weighted by Crippen LogP contribution is -2.30. The zero-order valence-electron chi connectivity index (χ0n) is 13.8. The van der Waals surface area contributed by atoms with Crippen molar-refractivity contribution >= 4 is 22.5 Å². The van der Waals surface area contributed by atoms with Gasteiger partial charge in [0.05, 0.1) is 11.0 Å². The van der Waals surface area contributed by atoms with Crippen LogP contribution in [0.5, 0.6) is 0 Å². The van der Waals surface area contributed by atoms with Gasteiger partial charge in [-0.15, -0.1) is 0 Å². The van der Waals surface area contributed by atoms with Crippen molar-refractivity contribution in [2.24, 2.45) is 0 Å². The number of nitrogens with one attached hydrogen (secondary N) is 1. The second-order valence-electron chi connectivity index (χ2n) is 6.14. The summed E-state index contributed by atoms with van der Waals surface area (Å²) in [4.78, 5) is 17.2. The van der Waals surface area contributed by atoms with Crippen LogP contribution in [-0.4, -0.2) is 27.1 Å². The van der Waals surface area contributed by atoms with Gasteiger partial charge in [-0.3, -0.25) is 4.79 Å². The van der Waals surface area contributed by atoms with Gasteiger partial charge >= 0.3 is 0 Å². The first-order valence-electron chi connectivity index (χ1n) is 8.44. The van der Waals surface area contributed by atoms with E-state index in [1.54, 1.807) is 0 Å². The summed E-state index contributed by atoms with van der Waals surface area (Å²) < 4.78 is 2.00. The van der Waals surface area contributed by atoms with E-state index in [0.717, 1.165) is 23.0 Å². The van der Waals surface area contributed by atoms with E-state index in [1.165, 1.54) is 0 Å². The Labute approximate surface area is 145 Å². The van der Waals surface area contributed by atoms with Crippen LogP contribution in [0.3, 0.4) is 0 Å². The molecule has 5 nitrogen and oxygen atoms in total. The van der Waals surface area contributed by atoms with Gasteiger partial charge in [-0.05, 0) is 24.1 Å². The summed E-state index contributed by atoms with van der Waals surface area (Å²) in [5, 5.41) is 13.2. The van der Waals surface area contributed by atoms with Crippen LogP contribution in [0.2, 0.25) is 0 Å². The number of benzene rings is 2. The maximum absolute atomic E-state index is 12.7. The number of hydrogen-bond donors (Lipinski definition) is 2. The van der Waals surface area contributed by atoms with Crippen LogP contribution in [0.15, 0.2) is 60.4 Å². The summed E-state index contributed by atoms with van der Waals surface area (Å²) in [5.41, 5.74) is 3.27. The zero-order valence-corrected chi connectivity index (χ0v) is 13.8. The predicted molar refractivity (Wildman–Crippen MR) is 97.1 cm³/mol. The van der Waals surface area contributed by atoms with E-state index in [2.05, 4.69) is 10.3 Å². The highest BCUT2D eigenvalue weighted by molar-refractivity contribution is 6.19. The molecule has 25 heavy (non-hydrogen) atoms. The maximum Gasteiger partial charge on any atom is 0.258 e. The molecular weight excluding hydrogens is 314 g/mol. The van der Waals surface area contributed by atoms with Crippen molar-refractivity contribution < 1.29 is 9.90 Å². The number of fused-ring (bicyclic) bond motifs is 3. The minimum absolute atomic E-state index is 0.111. The normalized spacial score (nSPS) is 13.8. The van der Waals surface area contributed by atoms with Gasteiger partial charge in [0.15, 0.2) is 0 Å². The van der Waals surface area contributed by atoms with Crippen LogP contribution < -0.4 is 5.32 Å². The van der Waals surface area contributed by atoms with Crippen LogP contribution in [-0.2, 0) is 17.8 Å². The lowest BCUT2D eigenvalue weighted by molar-refractivity contribution is -0.115. The molecule has 1 aromatic heterocycles. The fourth-order valence-corrected chi connectivity index (χ4v) is 3.25. The van der Waals surface area contributed by atoms with Gasteiger partial charge in [-0.2, -0.15) is 0 Å². The van der Waals surface area contributed by atoms with E-state index in [-0.39, 0.29) is 17.2 Å². The highest BCUT2D eigenvalue weighted by Crippen LogP contribution is 2.29. The Bertz CT molecular complexity index is 957. The van der Waals surface area contributed by atoms with E-state index in [9.17, 15) is 9.90 Å². The Morgan fingerprint density at radius 3 is 2.72 bits per heavy atom. The van der Waals surface area contributed by atoms with Crippen molar-refractivity contribution in [3.63, 3.8) is 0 Å². The topological polar surface area (TPSA) is 67.2 Å². The lowest BCUT2D eigenvalue weighted by atomic mass is 10.1. The highest BCUT2D eigenvalue weighted by atomic mass is 16.3. The molecule has 3 aromatic rings. The molecule has 4 rings (SSSR count). The summed E-state index contributed by atoms with van der Waals surface area (Å²) in [6, 6.07) is 17.8. The van der Waals surface area contributed by atoms with Crippen molar-refractivity contribution in [3.8, 4) is 0 Å². The molecule has 0 radical (unpaired) electrons. The molecule has 0 unspecified atom stereocenters. The number of amides is 1. The molecular formula is C20H19N3O2. The highest BCUT2D eigenvalue weighted by Gasteiger charge is 2.27. The summed E-state index contributed by atoms with van der Waals surface area (Å²) >= 11 is 0. The van der Waals surface area contributed by atoms with Crippen LogP contribution in [0.4, 0.5) is 0 Å². The molecule has 5 heteroatoms. The first kappa shape index (κ1) is 15.4. The molecule has 1 amide bonds. The van der Waals surface area contributed by atoms with Crippen LogP contribution in [0.25, 0.3) is 16.6 Å². The molecule has 2 N–H and O–H groups in total. The van der Waals surface area contributed by atoms with Crippen LogP contribution in [0.1, 0.15) is 17.8 Å². The third-order valence-corrected chi connectivity index (χ3v) is 4.51. The van der Waals surface area contributed by atoms with Gasteiger partial charge in [0.2, 0.25) is 0 Å². The minimum atomic E-state index is -0.273. The van der Waals surface area contributed by atoms with Gasteiger partial charge in [0, 0.05) is 19.5 Å². The fourth-order valence-electron chi connectivity index (χ4n) is 3.25. The number of nitrogens with zero attached hydrogens (tertiary/aromatic N) is 2. The molecule has 2 aromatic carbocycles. The Morgan fingerprint density at radius 1 is 1.12 bits per heavy atom. The number of para-hydroxylation sites is 2. The standard InChI is InChI=1S/C20H19N3O2/c24-17-11-13-23-16-9-5-4-8-15(16)22-19(23)18(17)20(25)21-12-10-14-6-2-1-3-7-14/h1-9,24H,10-13H2,(H,21,25). The number of hydrogen-bond acceptors (Lipinski definition) is 3. The third kappa shape index (κ3) is 2.89. The number of aromatic nitrogens is 2. The quantitative estimate of drug-likeness (QED) is 0.771. The maximum atomic E-state index is 12.7. The van der Waals surface area contributed by atoms with Crippen molar-refractivity contribution in [1.82, 2.24) is 14.9 Å². The zero-order chi connectivity index (χ0) is 17.2. The smallest absolute Gasteiger partial charge is 0.258 e. The van der Waals surface area contributed by atoms with E-state index in [1.807, 2.05) is 59.2 Å². The second kappa shape index (κ2) is 6.43. The van der Waals surface area contributed by atoms with E-state index in [0.29, 0.717) is 25.3 Å². The van der Waals surface area contributed by atoms with E-state index >= 15 is 0 Å². The molecule has 0 saturated carbocycles. The average Bonchev–Trinajstić information content (AvgIpc) is 3.00. The molecule has 0 bridgehead atoms. The molecule has 0 aliphatic carbocycles. The Kier molecular flexibility index (Phi) is 3.98. The number of aryl methyl sites for hydroxylation is 1.